The van der Waals surface area contributed by atoms with Gasteiger partial charge < -0.3 is 10.5 Å². The second-order valence-corrected chi connectivity index (χ2v) is 8.68. The van der Waals surface area contributed by atoms with Gasteiger partial charge in [0.15, 0.2) is 0 Å². The van der Waals surface area contributed by atoms with Gasteiger partial charge in [-0.05, 0) is 25.5 Å². The lowest BCUT2D eigenvalue weighted by atomic mass is 9.97. The smallest absolute Gasteiger partial charge is 0.305 e. The van der Waals surface area contributed by atoms with Crippen LogP contribution in [0.15, 0.2) is 0 Å². The number of hydrogen-bond acceptors (Lipinski definition) is 6. The Morgan fingerprint density at radius 2 is 2.00 bits per heavy atom. The molecule has 0 radical (unpaired) electrons. The third-order valence-electron chi connectivity index (χ3n) is 3.77. The average molecular weight is 355 g/mol. The number of sulfonamides is 1. The van der Waals surface area contributed by atoms with Crippen molar-refractivity contribution in [2.24, 2.45) is 5.73 Å². The van der Waals surface area contributed by atoms with Crippen LogP contribution in [0.25, 0.3) is 0 Å². The molecule has 0 aliphatic carbocycles. The molecule has 1 rings (SSSR count). The molecule has 0 saturated carbocycles. The van der Waals surface area contributed by atoms with Crippen LogP contribution in [0.3, 0.4) is 0 Å². The van der Waals surface area contributed by atoms with Crippen LogP contribution in [0.4, 0.5) is 0 Å². The molecule has 1 aliphatic rings. The van der Waals surface area contributed by atoms with Gasteiger partial charge in [0.25, 0.3) is 0 Å². The van der Waals surface area contributed by atoms with Gasteiger partial charge >= 0.3 is 5.97 Å². The van der Waals surface area contributed by atoms with Crippen LogP contribution in [0.1, 0.15) is 25.7 Å². The zero-order valence-electron chi connectivity index (χ0n) is 12.3. The molecule has 0 aromatic rings. The Bertz CT molecular complexity index is 485. The average Bonchev–Trinajstić information content (AvgIpc) is 2.46. The minimum atomic E-state index is -3.34. The van der Waals surface area contributed by atoms with Crippen LogP contribution in [0, 0.1) is 0 Å². The van der Waals surface area contributed by atoms with E-state index >= 15 is 0 Å². The van der Waals surface area contributed by atoms with Crippen LogP contribution in [-0.4, -0.2) is 60.6 Å². The van der Waals surface area contributed by atoms with E-state index in [0.717, 1.165) is 0 Å². The van der Waals surface area contributed by atoms with Gasteiger partial charge in [-0.15, -0.1) is 0 Å². The number of carbonyl (C=O) groups is 1. The molecule has 6 nitrogen and oxygen atoms in total. The number of nitrogens with two attached hydrogens (primary N) is 1. The summed E-state index contributed by atoms with van der Waals surface area (Å²) in [6.45, 7) is 0.831. The van der Waals surface area contributed by atoms with Gasteiger partial charge in [0, 0.05) is 19.5 Å². The van der Waals surface area contributed by atoms with Gasteiger partial charge in [-0.1, -0.05) is 12.2 Å². The highest BCUT2D eigenvalue weighted by Crippen LogP contribution is 2.35. The van der Waals surface area contributed by atoms with Crippen molar-refractivity contribution in [2.75, 3.05) is 32.2 Å². The molecule has 0 unspecified atom stereocenters. The predicted molar refractivity (Wildman–Crippen MR) is 88.9 cm³/mol. The van der Waals surface area contributed by atoms with Crippen molar-refractivity contribution in [2.45, 2.75) is 30.4 Å². The van der Waals surface area contributed by atoms with Crippen LogP contribution in [0.2, 0.25) is 0 Å². The Morgan fingerprint density at radius 1 is 1.43 bits per heavy atom. The summed E-state index contributed by atoms with van der Waals surface area (Å²) in [6.07, 6.45) is 3.58. The normalized spacial score (nSPS) is 19.1. The standard InChI is InChI=1S/C12H22N2O4S3/c1-18-10(15)4-3-9-21(16,17)14-7-5-12(20-2,6-8-14)11(13)19/h3-9H2,1-2H3,(H2,13,19). The molecule has 1 aliphatic heterocycles. The largest absolute Gasteiger partial charge is 0.469 e. The van der Waals surface area contributed by atoms with Gasteiger partial charge in [-0.3, -0.25) is 4.79 Å². The molecule has 0 aromatic heterocycles. The first-order valence-electron chi connectivity index (χ1n) is 6.67. The number of methoxy groups -OCH3 is 1. The second-order valence-electron chi connectivity index (χ2n) is 4.96. The first-order valence-corrected chi connectivity index (χ1v) is 9.91. The fourth-order valence-corrected chi connectivity index (χ4v) is 5.06. The summed E-state index contributed by atoms with van der Waals surface area (Å²) in [5.41, 5.74) is 5.79. The Balaban J connectivity index is 2.56. The summed E-state index contributed by atoms with van der Waals surface area (Å²) in [5.74, 6) is -0.430. The maximum absolute atomic E-state index is 12.2. The van der Waals surface area contributed by atoms with E-state index in [0.29, 0.717) is 30.9 Å². The summed E-state index contributed by atoms with van der Waals surface area (Å²) in [4.78, 5) is 11.5. The van der Waals surface area contributed by atoms with Crippen molar-refractivity contribution in [3.05, 3.63) is 0 Å². The predicted octanol–water partition coefficient (Wildman–Crippen LogP) is 0.753. The molecule has 0 spiro atoms. The lowest BCUT2D eigenvalue weighted by Crippen LogP contribution is -2.51. The van der Waals surface area contributed by atoms with Crippen molar-refractivity contribution in [1.82, 2.24) is 4.31 Å². The molecule has 122 valence electrons. The summed E-state index contributed by atoms with van der Waals surface area (Å²) >= 11 is 6.70. The molecule has 1 saturated heterocycles. The third-order valence-corrected chi connectivity index (χ3v) is 7.66. The van der Waals surface area contributed by atoms with E-state index in [4.69, 9.17) is 18.0 Å². The number of hydrogen-bond donors (Lipinski definition) is 1. The summed E-state index contributed by atoms with van der Waals surface area (Å²) in [7, 11) is -2.05. The third kappa shape index (κ3) is 4.80. The van der Waals surface area contributed by atoms with Crippen LogP contribution >= 0.6 is 24.0 Å². The van der Waals surface area contributed by atoms with E-state index in [-0.39, 0.29) is 23.3 Å². The molecule has 2 N–H and O–H groups in total. The maximum atomic E-state index is 12.2. The molecule has 21 heavy (non-hydrogen) atoms. The number of esters is 1. The topological polar surface area (TPSA) is 89.7 Å². The fraction of sp³-hybridized carbons (Fsp3) is 0.833. The minimum absolute atomic E-state index is 0.0402. The molecule has 1 fully saturated rings. The van der Waals surface area contributed by atoms with Crippen molar-refractivity contribution < 1.29 is 17.9 Å². The maximum Gasteiger partial charge on any atom is 0.305 e. The first kappa shape index (κ1) is 18.7. The van der Waals surface area contributed by atoms with E-state index in [1.807, 2.05) is 6.26 Å². The van der Waals surface area contributed by atoms with Crippen molar-refractivity contribution in [3.63, 3.8) is 0 Å². The minimum Gasteiger partial charge on any atom is -0.469 e. The first-order chi connectivity index (χ1) is 9.77. The Morgan fingerprint density at radius 3 is 2.43 bits per heavy atom. The van der Waals surface area contributed by atoms with Gasteiger partial charge in [-0.2, -0.15) is 11.8 Å². The lowest BCUT2D eigenvalue weighted by Gasteiger charge is -2.39. The monoisotopic (exact) mass is 354 g/mol. The number of thioether (sulfide) groups is 1. The number of ether oxygens (including phenoxy) is 1. The number of thiocarbonyl (C=S) groups is 1. The van der Waals surface area contributed by atoms with Crippen molar-refractivity contribution in [1.29, 1.82) is 0 Å². The molecule has 0 bridgehead atoms. The second kappa shape index (κ2) is 7.75. The number of rotatable bonds is 7. The summed E-state index contributed by atoms with van der Waals surface area (Å²) in [6, 6.07) is 0. The molecule has 9 heteroatoms. The van der Waals surface area contributed by atoms with Crippen LogP contribution in [-0.2, 0) is 19.6 Å². The van der Waals surface area contributed by atoms with E-state index in [1.165, 1.54) is 11.4 Å². The van der Waals surface area contributed by atoms with E-state index in [9.17, 15) is 13.2 Å². The lowest BCUT2D eigenvalue weighted by molar-refractivity contribution is -0.140. The highest BCUT2D eigenvalue weighted by atomic mass is 32.2. The summed E-state index contributed by atoms with van der Waals surface area (Å²) < 4.78 is 30.1. The van der Waals surface area contributed by atoms with Gasteiger partial charge in [0.2, 0.25) is 10.0 Å². The molecule has 0 amide bonds. The Labute approximate surface area is 135 Å². The molecule has 1 heterocycles. The quantitative estimate of drug-likeness (QED) is 0.533. The van der Waals surface area contributed by atoms with Gasteiger partial charge in [-0.25, -0.2) is 12.7 Å². The highest BCUT2D eigenvalue weighted by molar-refractivity contribution is 8.02. The van der Waals surface area contributed by atoms with Crippen molar-refractivity contribution >= 4 is 45.0 Å². The molecular weight excluding hydrogens is 332 g/mol. The van der Waals surface area contributed by atoms with Gasteiger partial charge in [0.1, 0.15) is 0 Å². The Kier molecular flexibility index (Phi) is 6.89. The summed E-state index contributed by atoms with van der Waals surface area (Å²) in [5, 5.41) is 0. The highest BCUT2D eigenvalue weighted by Gasteiger charge is 2.39. The SMILES string of the molecule is COC(=O)CCCS(=O)(=O)N1CCC(SC)(C(N)=S)CC1. The molecule has 0 aromatic carbocycles. The van der Waals surface area contributed by atoms with Crippen LogP contribution in [0.5, 0.6) is 0 Å². The van der Waals surface area contributed by atoms with Gasteiger partial charge in [0.05, 0.1) is 22.6 Å². The zero-order valence-corrected chi connectivity index (χ0v) is 14.8. The number of carbonyl (C=O) groups excluding carboxylic acids is 1. The van der Waals surface area contributed by atoms with Crippen LogP contribution < -0.4 is 5.73 Å². The van der Waals surface area contributed by atoms with E-state index in [2.05, 4.69) is 4.74 Å². The molecular formula is C12H22N2O4S3. The molecule has 0 atom stereocenters. The Hall–Kier alpha value is -0.380. The fourth-order valence-electron chi connectivity index (χ4n) is 2.31. The number of nitrogens with zero attached hydrogens (tertiary/aromatic N) is 1. The van der Waals surface area contributed by atoms with E-state index in [1.54, 1.807) is 11.8 Å². The van der Waals surface area contributed by atoms with Crippen molar-refractivity contribution in [3.8, 4) is 0 Å². The number of piperidine rings is 1. The zero-order chi connectivity index (χ0) is 16.1. The van der Waals surface area contributed by atoms with E-state index < -0.39 is 16.0 Å².